The van der Waals surface area contributed by atoms with Gasteiger partial charge in [0, 0.05) is 29.1 Å². The van der Waals surface area contributed by atoms with E-state index in [1.54, 1.807) is 7.11 Å². The molecule has 0 aliphatic heterocycles. The van der Waals surface area contributed by atoms with Crippen molar-refractivity contribution in [1.82, 2.24) is 4.98 Å². The number of hydrogen-bond acceptors (Lipinski definition) is 2. The summed E-state index contributed by atoms with van der Waals surface area (Å²) >= 11 is 0. The quantitative estimate of drug-likeness (QED) is 0.772. The summed E-state index contributed by atoms with van der Waals surface area (Å²) in [5.74, 6) is 1.77. The van der Waals surface area contributed by atoms with Gasteiger partial charge in [0.05, 0.1) is 7.11 Å². The van der Waals surface area contributed by atoms with Gasteiger partial charge in [-0.1, -0.05) is 24.3 Å². The zero-order chi connectivity index (χ0) is 15.1. The minimum Gasteiger partial charge on any atom is -0.497 e. The molecule has 3 nitrogen and oxygen atoms in total. The molecule has 3 heteroatoms. The van der Waals surface area contributed by atoms with E-state index in [0.29, 0.717) is 18.4 Å². The van der Waals surface area contributed by atoms with Crippen molar-refractivity contribution in [1.29, 1.82) is 0 Å². The first-order valence-corrected chi connectivity index (χ1v) is 7.75. The van der Waals surface area contributed by atoms with Crippen molar-refractivity contribution in [3.63, 3.8) is 0 Å². The van der Waals surface area contributed by atoms with Crippen molar-refractivity contribution < 1.29 is 4.74 Å². The van der Waals surface area contributed by atoms with Gasteiger partial charge in [-0.3, -0.25) is 0 Å². The predicted octanol–water partition coefficient (Wildman–Crippen LogP) is 3.75. The number of hydrogen-bond donors (Lipinski definition) is 2. The van der Waals surface area contributed by atoms with Crippen LogP contribution in [0.2, 0.25) is 0 Å². The third kappa shape index (κ3) is 1.93. The first-order valence-electron chi connectivity index (χ1n) is 7.75. The van der Waals surface area contributed by atoms with E-state index in [-0.39, 0.29) is 0 Å². The van der Waals surface area contributed by atoms with Crippen LogP contribution in [0.15, 0.2) is 48.7 Å². The standard InChI is InChI=1S/C19H20N2O/c1-22-13-6-7-16-18(11-21-19(16)9-13)17-8-12(10-20)14-4-2-3-5-15(14)17/h2-7,9,11-12,17,21H,8,10,20H2,1H3/t12-,17+/m1/s1. The summed E-state index contributed by atoms with van der Waals surface area (Å²) in [4.78, 5) is 3.39. The van der Waals surface area contributed by atoms with E-state index in [4.69, 9.17) is 10.5 Å². The fourth-order valence-electron chi connectivity index (χ4n) is 3.80. The van der Waals surface area contributed by atoms with Crippen LogP contribution in [0.5, 0.6) is 5.75 Å². The summed E-state index contributed by atoms with van der Waals surface area (Å²) in [6.45, 7) is 0.712. The summed E-state index contributed by atoms with van der Waals surface area (Å²) in [6, 6.07) is 15.0. The van der Waals surface area contributed by atoms with Gasteiger partial charge < -0.3 is 15.5 Å². The second kappa shape index (κ2) is 5.18. The average molecular weight is 292 g/mol. The molecule has 0 fully saturated rings. The zero-order valence-electron chi connectivity index (χ0n) is 12.7. The SMILES string of the molecule is COc1ccc2c([C@H]3C[C@H](CN)c4ccccc43)c[nH]c2c1. The van der Waals surface area contributed by atoms with Gasteiger partial charge in [-0.2, -0.15) is 0 Å². The second-order valence-electron chi connectivity index (χ2n) is 6.01. The number of rotatable bonds is 3. The van der Waals surface area contributed by atoms with Gasteiger partial charge in [0.2, 0.25) is 0 Å². The van der Waals surface area contributed by atoms with Crippen LogP contribution in [-0.4, -0.2) is 18.6 Å². The molecule has 1 aliphatic carbocycles. The maximum Gasteiger partial charge on any atom is 0.120 e. The van der Waals surface area contributed by atoms with Gasteiger partial charge in [0.15, 0.2) is 0 Å². The van der Waals surface area contributed by atoms with Crippen molar-refractivity contribution in [2.75, 3.05) is 13.7 Å². The van der Waals surface area contributed by atoms with E-state index >= 15 is 0 Å². The number of methoxy groups -OCH3 is 1. The molecule has 3 N–H and O–H groups in total. The van der Waals surface area contributed by atoms with Gasteiger partial charge in [-0.15, -0.1) is 0 Å². The summed E-state index contributed by atoms with van der Waals surface area (Å²) < 4.78 is 5.31. The number of H-pyrrole nitrogens is 1. The number of aromatic nitrogens is 1. The number of benzene rings is 2. The summed E-state index contributed by atoms with van der Waals surface area (Å²) in [5.41, 5.74) is 11.3. The third-order valence-electron chi connectivity index (χ3n) is 4.91. The van der Waals surface area contributed by atoms with Crippen LogP contribution < -0.4 is 10.5 Å². The van der Waals surface area contributed by atoms with E-state index in [0.717, 1.165) is 17.7 Å². The second-order valence-corrected chi connectivity index (χ2v) is 6.01. The number of aromatic amines is 1. The van der Waals surface area contributed by atoms with E-state index in [1.807, 2.05) is 6.07 Å². The minimum atomic E-state index is 0.423. The van der Waals surface area contributed by atoms with Gasteiger partial charge >= 0.3 is 0 Å². The Hall–Kier alpha value is -2.26. The van der Waals surface area contributed by atoms with Gasteiger partial charge in [0.1, 0.15) is 5.75 Å². The van der Waals surface area contributed by atoms with Crippen LogP contribution >= 0.6 is 0 Å². The van der Waals surface area contributed by atoms with Crippen molar-refractivity contribution in [2.24, 2.45) is 5.73 Å². The predicted molar refractivity (Wildman–Crippen MR) is 89.5 cm³/mol. The molecule has 0 saturated heterocycles. The summed E-state index contributed by atoms with van der Waals surface area (Å²) in [6.07, 6.45) is 3.24. The van der Waals surface area contributed by atoms with Crippen LogP contribution in [0.3, 0.4) is 0 Å². The Morgan fingerprint density at radius 2 is 1.95 bits per heavy atom. The minimum absolute atomic E-state index is 0.423. The lowest BCUT2D eigenvalue weighted by molar-refractivity contribution is 0.415. The van der Waals surface area contributed by atoms with Crippen LogP contribution in [0.1, 0.15) is 34.9 Å². The maximum atomic E-state index is 5.99. The van der Waals surface area contributed by atoms with Gasteiger partial charge in [-0.05, 0) is 47.7 Å². The molecule has 1 aliphatic rings. The van der Waals surface area contributed by atoms with E-state index < -0.39 is 0 Å². The van der Waals surface area contributed by atoms with Crippen LogP contribution in [0.4, 0.5) is 0 Å². The first-order chi connectivity index (χ1) is 10.8. The Balaban J connectivity index is 1.83. The van der Waals surface area contributed by atoms with Gasteiger partial charge in [0.25, 0.3) is 0 Å². The van der Waals surface area contributed by atoms with Crippen molar-refractivity contribution >= 4 is 10.9 Å². The monoisotopic (exact) mass is 292 g/mol. The third-order valence-corrected chi connectivity index (χ3v) is 4.91. The lowest BCUT2D eigenvalue weighted by Crippen LogP contribution is -2.09. The first kappa shape index (κ1) is 13.4. The Kier molecular flexibility index (Phi) is 3.16. The largest absolute Gasteiger partial charge is 0.497 e. The van der Waals surface area contributed by atoms with E-state index in [2.05, 4.69) is 47.6 Å². The highest BCUT2D eigenvalue weighted by atomic mass is 16.5. The highest BCUT2D eigenvalue weighted by Gasteiger charge is 2.32. The number of nitrogens with two attached hydrogens (primary N) is 1. The normalized spacial score (nSPS) is 20.3. The fourth-order valence-corrected chi connectivity index (χ4v) is 3.80. The van der Waals surface area contributed by atoms with Crippen LogP contribution in [0, 0.1) is 0 Å². The molecule has 2 atom stereocenters. The molecule has 2 aromatic carbocycles. The average Bonchev–Trinajstić information content (AvgIpc) is 3.14. The van der Waals surface area contributed by atoms with E-state index in [1.165, 1.54) is 22.1 Å². The number of fused-ring (bicyclic) bond motifs is 2. The lowest BCUT2D eigenvalue weighted by atomic mass is 9.92. The summed E-state index contributed by atoms with van der Waals surface area (Å²) in [7, 11) is 1.70. The van der Waals surface area contributed by atoms with Crippen molar-refractivity contribution in [3.05, 3.63) is 65.4 Å². The lowest BCUT2D eigenvalue weighted by Gasteiger charge is -2.11. The molecule has 22 heavy (non-hydrogen) atoms. The Morgan fingerprint density at radius 3 is 2.73 bits per heavy atom. The highest BCUT2D eigenvalue weighted by molar-refractivity contribution is 5.85. The van der Waals surface area contributed by atoms with Crippen molar-refractivity contribution in [3.8, 4) is 5.75 Å². The van der Waals surface area contributed by atoms with Gasteiger partial charge in [-0.25, -0.2) is 0 Å². The molecule has 0 saturated carbocycles. The maximum absolute atomic E-state index is 5.99. The van der Waals surface area contributed by atoms with Crippen molar-refractivity contribution in [2.45, 2.75) is 18.3 Å². The Morgan fingerprint density at radius 1 is 1.14 bits per heavy atom. The molecular weight excluding hydrogens is 272 g/mol. The molecular formula is C19H20N2O. The molecule has 112 valence electrons. The fraction of sp³-hybridized carbons (Fsp3) is 0.263. The molecule has 4 rings (SSSR count). The molecule has 0 spiro atoms. The van der Waals surface area contributed by atoms with Crippen LogP contribution in [-0.2, 0) is 0 Å². The zero-order valence-corrected chi connectivity index (χ0v) is 12.7. The number of nitrogens with one attached hydrogen (secondary N) is 1. The summed E-state index contributed by atoms with van der Waals surface area (Å²) in [5, 5.41) is 1.28. The Labute approximate surface area is 130 Å². The molecule has 0 bridgehead atoms. The molecule has 1 heterocycles. The topological polar surface area (TPSA) is 51.0 Å². The van der Waals surface area contributed by atoms with E-state index in [9.17, 15) is 0 Å². The Bertz CT molecular complexity index is 821. The molecule has 0 amide bonds. The smallest absolute Gasteiger partial charge is 0.120 e. The molecule has 0 radical (unpaired) electrons. The number of ether oxygens (including phenoxy) is 1. The molecule has 3 aromatic rings. The van der Waals surface area contributed by atoms with Crippen LogP contribution in [0.25, 0.3) is 10.9 Å². The molecule has 0 unspecified atom stereocenters. The molecule has 1 aromatic heterocycles. The highest BCUT2D eigenvalue weighted by Crippen LogP contribution is 2.46.